The van der Waals surface area contributed by atoms with Gasteiger partial charge in [0.25, 0.3) is 5.91 Å². The minimum Gasteiger partial charge on any atom is -0.471 e. The molecule has 0 bridgehead atoms. The maximum atomic E-state index is 12.9. The fourth-order valence-corrected chi connectivity index (χ4v) is 3.41. The van der Waals surface area contributed by atoms with Gasteiger partial charge in [-0.05, 0) is 30.5 Å². The smallest absolute Gasteiger partial charge is 0.256 e. The molecular formula is C19H21N3O3. The average Bonchev–Trinajstić information content (AvgIpc) is 3.11. The number of hydrogen-bond acceptors (Lipinski definition) is 5. The molecule has 6 nitrogen and oxygen atoms in total. The Kier molecular flexibility index (Phi) is 4.36. The average molecular weight is 339 g/mol. The number of likely N-dealkylation sites (tertiary alicyclic amines) is 1. The number of aryl methyl sites for hydroxylation is 1. The molecular weight excluding hydrogens is 318 g/mol. The second-order valence-electron chi connectivity index (χ2n) is 6.53. The molecule has 1 fully saturated rings. The zero-order valence-corrected chi connectivity index (χ0v) is 14.2. The van der Waals surface area contributed by atoms with Crippen molar-refractivity contribution in [1.82, 2.24) is 15.1 Å². The van der Waals surface area contributed by atoms with Crippen LogP contribution in [0.25, 0.3) is 0 Å². The van der Waals surface area contributed by atoms with Gasteiger partial charge in [0.2, 0.25) is 5.88 Å². The Morgan fingerprint density at radius 3 is 2.96 bits per heavy atom. The van der Waals surface area contributed by atoms with Crippen LogP contribution in [0.5, 0.6) is 5.88 Å². The third-order valence-corrected chi connectivity index (χ3v) is 4.74. The summed E-state index contributed by atoms with van der Waals surface area (Å²) in [6.45, 7) is 3.69. The van der Waals surface area contributed by atoms with Crippen molar-refractivity contribution in [2.45, 2.75) is 32.0 Å². The number of ether oxygens (including phenoxy) is 2. The molecule has 2 aliphatic heterocycles. The highest BCUT2D eigenvalue weighted by molar-refractivity contribution is 5.83. The number of aromatic nitrogens is 2. The summed E-state index contributed by atoms with van der Waals surface area (Å²) in [6.07, 6.45) is 1.09. The van der Waals surface area contributed by atoms with Gasteiger partial charge in [-0.25, -0.2) is 0 Å². The fraction of sp³-hybridized carbons (Fsp3) is 0.421. The molecule has 0 N–H and O–H groups in total. The van der Waals surface area contributed by atoms with Gasteiger partial charge in [-0.15, -0.1) is 5.10 Å². The monoisotopic (exact) mass is 339 g/mol. The van der Waals surface area contributed by atoms with E-state index >= 15 is 0 Å². The largest absolute Gasteiger partial charge is 0.471 e. The van der Waals surface area contributed by atoms with E-state index in [1.165, 1.54) is 5.56 Å². The van der Waals surface area contributed by atoms with Crippen molar-refractivity contribution in [1.29, 1.82) is 0 Å². The quantitative estimate of drug-likeness (QED) is 0.857. The molecule has 1 saturated heterocycles. The van der Waals surface area contributed by atoms with E-state index < -0.39 is 6.10 Å². The Hall–Kier alpha value is -2.47. The van der Waals surface area contributed by atoms with Crippen LogP contribution < -0.4 is 4.74 Å². The molecule has 0 saturated carbocycles. The Bertz CT molecular complexity index is 763. The van der Waals surface area contributed by atoms with E-state index in [-0.39, 0.29) is 12.0 Å². The lowest BCUT2D eigenvalue weighted by atomic mass is 9.97. The zero-order valence-electron chi connectivity index (χ0n) is 14.2. The summed E-state index contributed by atoms with van der Waals surface area (Å²) in [5.41, 5.74) is 3.05. The summed E-state index contributed by atoms with van der Waals surface area (Å²) in [5.74, 6) is 0.525. The van der Waals surface area contributed by atoms with E-state index in [1.807, 2.05) is 42.2 Å². The summed E-state index contributed by atoms with van der Waals surface area (Å²) in [7, 11) is 0. The van der Waals surface area contributed by atoms with Crippen LogP contribution >= 0.6 is 0 Å². The van der Waals surface area contributed by atoms with Crippen LogP contribution in [-0.2, 0) is 16.0 Å². The van der Waals surface area contributed by atoms with E-state index in [0.717, 1.165) is 24.1 Å². The first kappa shape index (κ1) is 16.0. The van der Waals surface area contributed by atoms with E-state index in [9.17, 15) is 4.79 Å². The van der Waals surface area contributed by atoms with Crippen LogP contribution in [-0.4, -0.2) is 46.8 Å². The highest BCUT2D eigenvalue weighted by atomic mass is 16.5. The normalized spacial score (nSPS) is 22.5. The summed E-state index contributed by atoms with van der Waals surface area (Å²) < 4.78 is 11.7. The van der Waals surface area contributed by atoms with Crippen molar-refractivity contribution in [2.75, 3.05) is 19.7 Å². The van der Waals surface area contributed by atoms with Gasteiger partial charge in [0, 0.05) is 19.0 Å². The number of carbonyl (C=O) groups excluding carboxylic acids is 1. The standard InChI is InChI=1S/C19H21N3O3/c1-13-6-7-17(21-20-13)25-15-8-10-22(12-15)19(23)18-16-5-3-2-4-14(16)9-11-24-18/h2-7,15,18H,8-12H2,1H3/t15-,18+/m1/s1. The molecule has 1 aromatic carbocycles. The first-order valence-electron chi connectivity index (χ1n) is 8.66. The molecule has 0 unspecified atom stereocenters. The van der Waals surface area contributed by atoms with Crippen LogP contribution in [0.1, 0.15) is 29.3 Å². The third-order valence-electron chi connectivity index (χ3n) is 4.74. The van der Waals surface area contributed by atoms with Crippen LogP contribution in [0.4, 0.5) is 0 Å². The maximum absolute atomic E-state index is 12.9. The number of fused-ring (bicyclic) bond motifs is 1. The van der Waals surface area contributed by atoms with Gasteiger partial charge in [0.15, 0.2) is 6.10 Å². The minimum atomic E-state index is -0.497. The molecule has 6 heteroatoms. The number of carbonyl (C=O) groups is 1. The molecule has 0 radical (unpaired) electrons. The predicted octanol–water partition coefficient (Wildman–Crippen LogP) is 2.08. The van der Waals surface area contributed by atoms with Gasteiger partial charge in [-0.2, -0.15) is 5.10 Å². The van der Waals surface area contributed by atoms with Crippen molar-refractivity contribution >= 4 is 5.91 Å². The highest BCUT2D eigenvalue weighted by Crippen LogP contribution is 2.30. The van der Waals surface area contributed by atoms with Gasteiger partial charge >= 0.3 is 0 Å². The van der Waals surface area contributed by atoms with E-state index in [0.29, 0.717) is 25.6 Å². The van der Waals surface area contributed by atoms with Gasteiger partial charge in [-0.3, -0.25) is 4.79 Å². The molecule has 0 spiro atoms. The Morgan fingerprint density at radius 2 is 2.12 bits per heavy atom. The topological polar surface area (TPSA) is 64.5 Å². The lowest BCUT2D eigenvalue weighted by Gasteiger charge is -2.28. The third kappa shape index (κ3) is 3.35. The van der Waals surface area contributed by atoms with Gasteiger partial charge in [-0.1, -0.05) is 24.3 Å². The number of rotatable bonds is 3. The van der Waals surface area contributed by atoms with Crippen molar-refractivity contribution in [3.05, 3.63) is 53.2 Å². The summed E-state index contributed by atoms with van der Waals surface area (Å²) in [4.78, 5) is 14.8. The fourth-order valence-electron chi connectivity index (χ4n) is 3.41. The van der Waals surface area contributed by atoms with Crippen molar-refractivity contribution < 1.29 is 14.3 Å². The van der Waals surface area contributed by atoms with Crippen molar-refractivity contribution in [3.63, 3.8) is 0 Å². The lowest BCUT2D eigenvalue weighted by molar-refractivity contribution is -0.144. The Morgan fingerprint density at radius 1 is 1.24 bits per heavy atom. The van der Waals surface area contributed by atoms with Crippen LogP contribution in [0.2, 0.25) is 0 Å². The second-order valence-corrected chi connectivity index (χ2v) is 6.53. The summed E-state index contributed by atoms with van der Waals surface area (Å²) >= 11 is 0. The molecule has 130 valence electrons. The predicted molar refractivity (Wildman–Crippen MR) is 91.2 cm³/mol. The van der Waals surface area contributed by atoms with Crippen LogP contribution in [0.3, 0.4) is 0 Å². The minimum absolute atomic E-state index is 0.0215. The number of hydrogen-bond donors (Lipinski definition) is 0. The molecule has 2 atom stereocenters. The van der Waals surface area contributed by atoms with Gasteiger partial charge in [0.1, 0.15) is 6.10 Å². The highest BCUT2D eigenvalue weighted by Gasteiger charge is 2.35. The molecule has 0 aliphatic carbocycles. The molecule has 4 rings (SSSR count). The molecule has 3 heterocycles. The van der Waals surface area contributed by atoms with Crippen LogP contribution in [0, 0.1) is 6.92 Å². The Labute approximate surface area is 146 Å². The van der Waals surface area contributed by atoms with Gasteiger partial charge < -0.3 is 14.4 Å². The second kappa shape index (κ2) is 6.80. The summed E-state index contributed by atoms with van der Waals surface area (Å²) in [5, 5.41) is 8.03. The molecule has 1 amide bonds. The maximum Gasteiger partial charge on any atom is 0.256 e. The van der Waals surface area contributed by atoms with Gasteiger partial charge in [0.05, 0.1) is 18.8 Å². The van der Waals surface area contributed by atoms with E-state index in [2.05, 4.69) is 16.3 Å². The Balaban J connectivity index is 1.42. The summed E-state index contributed by atoms with van der Waals surface area (Å²) in [6, 6.07) is 11.7. The zero-order chi connectivity index (χ0) is 17.2. The van der Waals surface area contributed by atoms with E-state index in [1.54, 1.807) is 0 Å². The SMILES string of the molecule is Cc1ccc(O[C@@H]2CCN(C(=O)[C@H]3OCCc4ccccc43)C2)nn1. The van der Waals surface area contributed by atoms with Crippen molar-refractivity contribution in [2.24, 2.45) is 0 Å². The number of amides is 1. The molecule has 2 aromatic rings. The number of benzene rings is 1. The number of nitrogens with zero attached hydrogens (tertiary/aromatic N) is 3. The molecule has 2 aliphatic rings. The lowest BCUT2D eigenvalue weighted by Crippen LogP contribution is -2.37. The molecule has 1 aromatic heterocycles. The van der Waals surface area contributed by atoms with E-state index in [4.69, 9.17) is 9.47 Å². The first-order valence-corrected chi connectivity index (χ1v) is 8.66. The van der Waals surface area contributed by atoms with Crippen molar-refractivity contribution in [3.8, 4) is 5.88 Å². The molecule has 25 heavy (non-hydrogen) atoms. The first-order chi connectivity index (χ1) is 12.2. The van der Waals surface area contributed by atoms with Crippen LogP contribution in [0.15, 0.2) is 36.4 Å².